The van der Waals surface area contributed by atoms with Crippen molar-refractivity contribution in [3.63, 3.8) is 0 Å². The molecule has 1 N–H and O–H groups in total. The molecule has 0 saturated carbocycles. The fourth-order valence-electron chi connectivity index (χ4n) is 2.60. The maximum Gasteiger partial charge on any atom is 0.341 e. The average molecular weight is 449 g/mol. The Kier molecular flexibility index (Phi) is 6.75. The largest absolute Gasteiger partial charge is 0.492 e. The highest BCUT2D eigenvalue weighted by Gasteiger charge is 2.29. The topological polar surface area (TPSA) is 107 Å². The highest BCUT2D eigenvalue weighted by atomic mass is 32.2. The molecule has 0 unspecified atom stereocenters. The molecule has 0 radical (unpaired) electrons. The van der Waals surface area contributed by atoms with E-state index in [0.29, 0.717) is 5.75 Å². The number of anilines is 1. The zero-order valence-corrected chi connectivity index (χ0v) is 16.8. The van der Waals surface area contributed by atoms with Crippen LogP contribution in [0.2, 0.25) is 0 Å². The summed E-state index contributed by atoms with van der Waals surface area (Å²) in [4.78, 5) is 23.8. The van der Waals surface area contributed by atoms with Crippen molar-refractivity contribution in [3.05, 3.63) is 82.8 Å². The smallest absolute Gasteiger partial charge is 0.341 e. The van der Waals surface area contributed by atoms with Crippen LogP contribution in [-0.2, 0) is 16.4 Å². The van der Waals surface area contributed by atoms with Crippen molar-refractivity contribution in [2.75, 3.05) is 11.9 Å². The second kappa shape index (κ2) is 9.47. The van der Waals surface area contributed by atoms with Crippen LogP contribution in [0.25, 0.3) is 0 Å². The minimum absolute atomic E-state index is 0.0468. The van der Waals surface area contributed by atoms with Gasteiger partial charge < -0.3 is 10.1 Å². The van der Waals surface area contributed by atoms with E-state index in [1.807, 2.05) is 6.07 Å². The van der Waals surface area contributed by atoms with Gasteiger partial charge in [0.2, 0.25) is 9.84 Å². The lowest BCUT2D eigenvalue weighted by atomic mass is 10.3. The van der Waals surface area contributed by atoms with E-state index in [1.54, 1.807) is 24.3 Å². The summed E-state index contributed by atoms with van der Waals surface area (Å²) in [6, 6.07) is 15.9. The Morgan fingerprint density at radius 1 is 1.03 bits per heavy atom. The number of hydrogen-bond acceptors (Lipinski definition) is 6. The second-order valence-corrected chi connectivity index (χ2v) is 8.08. The van der Waals surface area contributed by atoms with Crippen molar-refractivity contribution in [1.82, 2.24) is 9.78 Å². The van der Waals surface area contributed by atoms with Gasteiger partial charge in [-0.2, -0.15) is 13.9 Å². The lowest BCUT2D eigenvalue weighted by molar-refractivity contribution is 0.101. The summed E-state index contributed by atoms with van der Waals surface area (Å²) in [5.74, 6) is -3.91. The lowest BCUT2D eigenvalue weighted by Crippen LogP contribution is -2.28. The number of halogens is 2. The molecule has 8 nitrogen and oxygen atoms in total. The first kappa shape index (κ1) is 22.1. The second-order valence-electron chi connectivity index (χ2n) is 6.20. The molecule has 3 rings (SSSR count). The van der Waals surface area contributed by atoms with E-state index < -0.39 is 32.0 Å². The molecule has 3 aromatic rings. The normalized spacial score (nSPS) is 11.3. The van der Waals surface area contributed by atoms with Gasteiger partial charge in [0.1, 0.15) is 18.1 Å². The summed E-state index contributed by atoms with van der Waals surface area (Å²) in [6.07, 6.45) is 0. The number of alkyl halides is 2. The zero-order valence-electron chi connectivity index (χ0n) is 15.9. The maximum absolute atomic E-state index is 12.9. The van der Waals surface area contributed by atoms with E-state index in [-0.39, 0.29) is 24.5 Å². The van der Waals surface area contributed by atoms with E-state index in [4.69, 9.17) is 4.74 Å². The number of rotatable bonds is 8. The van der Waals surface area contributed by atoms with Gasteiger partial charge in [-0.05, 0) is 30.3 Å². The third-order valence-corrected chi connectivity index (χ3v) is 5.53. The van der Waals surface area contributed by atoms with Crippen molar-refractivity contribution in [2.24, 2.45) is 0 Å². The summed E-state index contributed by atoms with van der Waals surface area (Å²) < 4.78 is 56.0. The molecule has 11 heteroatoms. The standard InChI is InChI=1S/C20H17F2N3O5S/c21-20(22)31(28,29)17-9-5-4-8-15(17)23-19(27)16-10-11-18(26)25(24-16)12-13-30-14-6-2-1-3-7-14/h1-11,20H,12-13H2,(H,23,27). The lowest BCUT2D eigenvalue weighted by Gasteiger charge is -2.12. The van der Waals surface area contributed by atoms with E-state index in [2.05, 4.69) is 10.4 Å². The molecule has 2 aromatic carbocycles. The minimum Gasteiger partial charge on any atom is -0.492 e. The SMILES string of the molecule is O=C(Nc1ccccc1S(=O)(=O)C(F)F)c1ccc(=O)n(CCOc2ccccc2)n1. The molecule has 0 saturated heterocycles. The maximum atomic E-state index is 12.9. The number of hydrogen-bond donors (Lipinski definition) is 1. The van der Waals surface area contributed by atoms with Crippen LogP contribution in [0.5, 0.6) is 5.75 Å². The van der Waals surface area contributed by atoms with Gasteiger partial charge in [-0.15, -0.1) is 0 Å². The Morgan fingerprint density at radius 2 is 1.71 bits per heavy atom. The van der Waals surface area contributed by atoms with Crippen LogP contribution < -0.4 is 15.6 Å². The quantitative estimate of drug-likeness (QED) is 0.567. The van der Waals surface area contributed by atoms with E-state index in [1.165, 1.54) is 18.2 Å². The summed E-state index contributed by atoms with van der Waals surface area (Å²) in [6.45, 7) is 0.155. The number of amides is 1. The van der Waals surface area contributed by atoms with E-state index in [9.17, 15) is 26.8 Å². The number of carbonyl (C=O) groups excluding carboxylic acids is 1. The monoisotopic (exact) mass is 449 g/mol. The highest BCUT2D eigenvalue weighted by Crippen LogP contribution is 2.26. The molecule has 0 aliphatic heterocycles. The van der Waals surface area contributed by atoms with Gasteiger partial charge in [0.25, 0.3) is 11.5 Å². The van der Waals surface area contributed by atoms with Crippen molar-refractivity contribution < 1.29 is 26.7 Å². The first-order valence-electron chi connectivity index (χ1n) is 8.97. The molecule has 162 valence electrons. The van der Waals surface area contributed by atoms with Crippen LogP contribution in [0.4, 0.5) is 14.5 Å². The molecule has 0 spiro atoms. The predicted octanol–water partition coefficient (Wildman–Crippen LogP) is 2.57. The number of nitrogens with one attached hydrogen (secondary N) is 1. The van der Waals surface area contributed by atoms with Gasteiger partial charge in [-0.3, -0.25) is 9.59 Å². The third kappa shape index (κ3) is 5.31. The molecule has 0 atom stereocenters. The first-order valence-corrected chi connectivity index (χ1v) is 10.5. The average Bonchev–Trinajstić information content (AvgIpc) is 2.76. The van der Waals surface area contributed by atoms with Gasteiger partial charge in [0.05, 0.1) is 17.1 Å². The van der Waals surface area contributed by atoms with Crippen molar-refractivity contribution in [1.29, 1.82) is 0 Å². The summed E-state index contributed by atoms with van der Waals surface area (Å²) >= 11 is 0. The third-order valence-electron chi connectivity index (χ3n) is 4.09. The van der Waals surface area contributed by atoms with Gasteiger partial charge in [-0.25, -0.2) is 13.1 Å². The van der Waals surface area contributed by atoms with Gasteiger partial charge in [0.15, 0.2) is 0 Å². The van der Waals surface area contributed by atoms with Crippen LogP contribution in [-0.4, -0.2) is 36.5 Å². The van der Waals surface area contributed by atoms with Crippen molar-refractivity contribution in [2.45, 2.75) is 17.2 Å². The zero-order chi connectivity index (χ0) is 22.4. The number of para-hydroxylation sites is 2. The molecule has 0 aliphatic carbocycles. The number of sulfone groups is 1. The van der Waals surface area contributed by atoms with Crippen molar-refractivity contribution in [3.8, 4) is 5.75 Å². The predicted molar refractivity (Wildman–Crippen MR) is 108 cm³/mol. The number of carbonyl (C=O) groups is 1. The van der Waals surface area contributed by atoms with Crippen LogP contribution in [0.15, 0.2) is 76.4 Å². The Labute approximate surface area is 176 Å². The molecular weight excluding hydrogens is 432 g/mol. The minimum atomic E-state index is -4.93. The summed E-state index contributed by atoms with van der Waals surface area (Å²) in [5.41, 5.74) is -1.00. The van der Waals surface area contributed by atoms with Crippen LogP contribution in [0.1, 0.15) is 10.5 Å². The Balaban J connectivity index is 1.76. The Bertz CT molecular complexity index is 1230. The Morgan fingerprint density at radius 3 is 2.42 bits per heavy atom. The number of nitrogens with zero attached hydrogens (tertiary/aromatic N) is 2. The molecule has 0 fully saturated rings. The first-order chi connectivity index (χ1) is 14.8. The molecule has 31 heavy (non-hydrogen) atoms. The van der Waals surface area contributed by atoms with Gasteiger partial charge in [-0.1, -0.05) is 30.3 Å². The molecule has 0 bridgehead atoms. The van der Waals surface area contributed by atoms with E-state index in [0.717, 1.165) is 22.9 Å². The molecule has 1 aromatic heterocycles. The molecule has 1 heterocycles. The summed E-state index contributed by atoms with van der Waals surface area (Å²) in [5, 5.41) is 6.20. The van der Waals surface area contributed by atoms with Crippen LogP contribution in [0, 0.1) is 0 Å². The Hall–Kier alpha value is -3.60. The van der Waals surface area contributed by atoms with Gasteiger partial charge >= 0.3 is 5.76 Å². The number of ether oxygens (including phenoxy) is 1. The fraction of sp³-hybridized carbons (Fsp3) is 0.150. The summed E-state index contributed by atoms with van der Waals surface area (Å²) in [7, 11) is -4.93. The van der Waals surface area contributed by atoms with Gasteiger partial charge in [0, 0.05) is 6.07 Å². The fourth-order valence-corrected chi connectivity index (χ4v) is 3.48. The van der Waals surface area contributed by atoms with E-state index >= 15 is 0 Å². The number of benzene rings is 2. The van der Waals surface area contributed by atoms with Crippen LogP contribution >= 0.6 is 0 Å². The van der Waals surface area contributed by atoms with Crippen LogP contribution in [0.3, 0.4) is 0 Å². The molecule has 1 amide bonds. The molecular formula is C20H17F2N3O5S. The number of aromatic nitrogens is 2. The highest BCUT2D eigenvalue weighted by molar-refractivity contribution is 7.91. The van der Waals surface area contributed by atoms with Crippen molar-refractivity contribution >= 4 is 21.4 Å². The molecule has 0 aliphatic rings.